The van der Waals surface area contributed by atoms with E-state index in [0.717, 1.165) is 39.5 Å². The molecule has 5 heteroatoms. The number of rotatable bonds is 1. The summed E-state index contributed by atoms with van der Waals surface area (Å²) in [6.07, 6.45) is -3.80. The Morgan fingerprint density at radius 3 is 2.68 bits per heavy atom. The minimum absolute atomic E-state index is 0.196. The van der Waals surface area contributed by atoms with E-state index in [0.29, 0.717) is 17.9 Å². The van der Waals surface area contributed by atoms with Crippen molar-refractivity contribution in [1.82, 2.24) is 0 Å². The highest BCUT2D eigenvalue weighted by atomic mass is 35.5. The van der Waals surface area contributed by atoms with Crippen molar-refractivity contribution in [2.45, 2.75) is 44.4 Å². The third kappa shape index (κ3) is 3.06. The Morgan fingerprint density at radius 2 is 1.92 bits per heavy atom. The number of hydrogen-bond donors (Lipinski definition) is 1. The first-order valence-corrected chi connectivity index (χ1v) is 8.88. The van der Waals surface area contributed by atoms with Gasteiger partial charge in [-0.25, -0.2) is 0 Å². The molecule has 25 heavy (non-hydrogen) atoms. The zero-order valence-corrected chi connectivity index (χ0v) is 14.3. The highest BCUT2D eigenvalue weighted by molar-refractivity contribution is 6.36. The van der Waals surface area contributed by atoms with Gasteiger partial charge in [-0.2, -0.15) is 13.2 Å². The van der Waals surface area contributed by atoms with Crippen LogP contribution in [0.15, 0.2) is 35.9 Å². The van der Waals surface area contributed by atoms with Crippen molar-refractivity contribution in [1.29, 1.82) is 0 Å². The van der Waals surface area contributed by atoms with Gasteiger partial charge in [-0.05, 0) is 65.3 Å². The Morgan fingerprint density at radius 1 is 1.12 bits per heavy atom. The van der Waals surface area contributed by atoms with Gasteiger partial charge in [-0.1, -0.05) is 35.9 Å². The first kappa shape index (κ1) is 16.9. The molecule has 0 spiro atoms. The van der Waals surface area contributed by atoms with E-state index in [-0.39, 0.29) is 6.42 Å². The van der Waals surface area contributed by atoms with Crippen LogP contribution in [0, 0.1) is 5.92 Å². The van der Waals surface area contributed by atoms with E-state index < -0.39 is 24.6 Å². The van der Waals surface area contributed by atoms with Crippen molar-refractivity contribution in [3.05, 3.63) is 52.1 Å². The molecule has 2 aliphatic rings. The van der Waals surface area contributed by atoms with Gasteiger partial charge in [-0.3, -0.25) is 0 Å². The highest BCUT2D eigenvalue weighted by Gasteiger charge is 2.38. The van der Waals surface area contributed by atoms with Gasteiger partial charge in [0.25, 0.3) is 0 Å². The number of benzene rings is 2. The molecule has 0 saturated heterocycles. The second kappa shape index (κ2) is 6.03. The molecule has 0 fully saturated rings. The Kier molecular flexibility index (Phi) is 4.08. The van der Waals surface area contributed by atoms with Crippen molar-refractivity contribution in [2.75, 3.05) is 0 Å². The molecule has 2 aromatic rings. The zero-order chi connectivity index (χ0) is 17.8. The van der Waals surface area contributed by atoms with Crippen LogP contribution in [0.25, 0.3) is 16.3 Å². The standard InChI is InChI=1S/C20H18ClF3O/c21-17-3-1-2-12-4-5-13-15(19(12)17)7-6-14-16(13)8-11(9-18(14)25)10-20(22,23)24/h1-5,11,18,25H,6-10H2/t11?,18-/m1/s1. The van der Waals surface area contributed by atoms with Crippen LogP contribution in [0.2, 0.25) is 5.02 Å². The van der Waals surface area contributed by atoms with Gasteiger partial charge < -0.3 is 5.11 Å². The molecule has 132 valence electrons. The van der Waals surface area contributed by atoms with Crippen molar-refractivity contribution in [3.63, 3.8) is 0 Å². The van der Waals surface area contributed by atoms with Crippen LogP contribution >= 0.6 is 11.6 Å². The van der Waals surface area contributed by atoms with Crippen molar-refractivity contribution < 1.29 is 18.3 Å². The smallest absolute Gasteiger partial charge is 0.389 e. The summed E-state index contributed by atoms with van der Waals surface area (Å²) in [5.41, 5.74) is 3.88. The van der Waals surface area contributed by atoms with Gasteiger partial charge in [0, 0.05) is 16.8 Å². The molecule has 4 rings (SSSR count). The monoisotopic (exact) mass is 366 g/mol. The third-order valence-corrected chi connectivity index (χ3v) is 5.75. The van der Waals surface area contributed by atoms with Gasteiger partial charge >= 0.3 is 6.18 Å². The molecule has 0 amide bonds. The van der Waals surface area contributed by atoms with Crippen molar-refractivity contribution in [3.8, 4) is 0 Å². The van der Waals surface area contributed by atoms with E-state index in [4.69, 9.17) is 11.6 Å². The van der Waals surface area contributed by atoms with Crippen LogP contribution in [0.3, 0.4) is 0 Å². The van der Waals surface area contributed by atoms with Crippen LogP contribution in [-0.2, 0) is 6.42 Å². The predicted octanol–water partition coefficient (Wildman–Crippen LogP) is 5.92. The fourth-order valence-electron chi connectivity index (χ4n) is 4.45. The largest absolute Gasteiger partial charge is 0.389 e. The van der Waals surface area contributed by atoms with Crippen molar-refractivity contribution >= 4 is 27.9 Å². The van der Waals surface area contributed by atoms with Crippen LogP contribution in [0.5, 0.6) is 0 Å². The van der Waals surface area contributed by atoms with Crippen molar-refractivity contribution in [2.24, 2.45) is 5.92 Å². The first-order chi connectivity index (χ1) is 11.8. The normalized spacial score (nSPS) is 23.6. The molecule has 0 aliphatic heterocycles. The van der Waals surface area contributed by atoms with Gasteiger partial charge in [-0.15, -0.1) is 0 Å². The predicted molar refractivity (Wildman–Crippen MR) is 93.6 cm³/mol. The van der Waals surface area contributed by atoms with E-state index in [1.165, 1.54) is 0 Å². The van der Waals surface area contributed by atoms with E-state index in [2.05, 4.69) is 0 Å². The number of halogens is 4. The maximum atomic E-state index is 12.8. The number of aryl methyl sites for hydroxylation is 1. The number of aliphatic hydroxyl groups is 1. The van der Waals surface area contributed by atoms with Gasteiger partial charge in [0.1, 0.15) is 0 Å². The molecule has 2 aromatic carbocycles. The third-order valence-electron chi connectivity index (χ3n) is 5.43. The Balaban J connectivity index is 1.81. The second-order valence-electron chi connectivity index (χ2n) is 7.07. The molecule has 2 aliphatic carbocycles. The lowest BCUT2D eigenvalue weighted by Gasteiger charge is -2.35. The second-order valence-corrected chi connectivity index (χ2v) is 7.48. The van der Waals surface area contributed by atoms with Crippen LogP contribution < -0.4 is 0 Å². The lowest BCUT2D eigenvalue weighted by Crippen LogP contribution is -2.28. The van der Waals surface area contributed by atoms with Gasteiger partial charge in [0.15, 0.2) is 0 Å². The molecule has 0 heterocycles. The number of hydrogen-bond acceptors (Lipinski definition) is 1. The molecule has 0 radical (unpaired) electrons. The topological polar surface area (TPSA) is 20.2 Å². The molecule has 0 aromatic heterocycles. The summed E-state index contributed by atoms with van der Waals surface area (Å²) in [5, 5.41) is 13.1. The summed E-state index contributed by atoms with van der Waals surface area (Å²) in [7, 11) is 0. The van der Waals surface area contributed by atoms with Gasteiger partial charge in [0.05, 0.1) is 6.10 Å². The molecular weight excluding hydrogens is 349 g/mol. The van der Waals surface area contributed by atoms with E-state index in [1.807, 2.05) is 30.3 Å². The summed E-state index contributed by atoms with van der Waals surface area (Å²) >= 11 is 6.40. The Labute approximate surface area is 149 Å². The van der Waals surface area contributed by atoms with Crippen LogP contribution in [0.4, 0.5) is 13.2 Å². The minimum Gasteiger partial charge on any atom is -0.389 e. The maximum Gasteiger partial charge on any atom is 0.389 e. The molecule has 2 atom stereocenters. The summed E-state index contributed by atoms with van der Waals surface area (Å²) in [6.45, 7) is 0. The Hall–Kier alpha value is -1.52. The van der Waals surface area contributed by atoms with E-state index >= 15 is 0 Å². The molecule has 0 saturated carbocycles. The zero-order valence-electron chi connectivity index (χ0n) is 13.5. The fraction of sp³-hybridized carbons (Fsp3) is 0.400. The highest BCUT2D eigenvalue weighted by Crippen LogP contribution is 2.47. The average molecular weight is 367 g/mol. The number of aliphatic hydroxyl groups excluding tert-OH is 1. The van der Waals surface area contributed by atoms with Gasteiger partial charge in [0.2, 0.25) is 0 Å². The lowest BCUT2D eigenvalue weighted by molar-refractivity contribution is -0.146. The SMILES string of the molecule is O[C@@H]1CC(CC(F)(F)F)CC2=C1CCc1c2ccc2cccc(Cl)c12. The average Bonchev–Trinajstić information content (AvgIpc) is 2.52. The number of alkyl halides is 3. The quantitative estimate of drug-likeness (QED) is 0.664. The molecule has 1 nitrogen and oxygen atoms in total. The maximum absolute atomic E-state index is 12.8. The van der Waals surface area contributed by atoms with E-state index in [1.54, 1.807) is 0 Å². The summed E-state index contributed by atoms with van der Waals surface area (Å²) in [6, 6.07) is 9.68. The fourth-order valence-corrected chi connectivity index (χ4v) is 4.75. The summed E-state index contributed by atoms with van der Waals surface area (Å²) in [5.74, 6) is -0.568. The number of allylic oxidation sites excluding steroid dienone is 1. The number of fused-ring (bicyclic) bond motifs is 4. The minimum atomic E-state index is -4.20. The first-order valence-electron chi connectivity index (χ1n) is 8.50. The summed E-state index contributed by atoms with van der Waals surface area (Å²) in [4.78, 5) is 0. The van der Waals surface area contributed by atoms with Crippen LogP contribution in [-0.4, -0.2) is 17.4 Å². The lowest BCUT2D eigenvalue weighted by atomic mass is 9.72. The molecular formula is C20H18ClF3O. The molecule has 0 bridgehead atoms. The van der Waals surface area contributed by atoms with Crippen LogP contribution in [0.1, 0.15) is 36.8 Å². The summed E-state index contributed by atoms with van der Waals surface area (Å²) < 4.78 is 38.5. The molecule has 1 N–H and O–H groups in total. The van der Waals surface area contributed by atoms with E-state index in [9.17, 15) is 18.3 Å². The Bertz CT molecular complexity index is 869. The molecule has 1 unspecified atom stereocenters.